The van der Waals surface area contributed by atoms with Gasteiger partial charge in [0.1, 0.15) is 0 Å². The summed E-state index contributed by atoms with van der Waals surface area (Å²) in [6.45, 7) is 8.66. The second-order valence-electron chi connectivity index (χ2n) is 5.64. The van der Waals surface area contributed by atoms with E-state index >= 15 is 0 Å². The molecule has 0 radical (unpaired) electrons. The van der Waals surface area contributed by atoms with Gasteiger partial charge in [-0.2, -0.15) is 0 Å². The van der Waals surface area contributed by atoms with Gasteiger partial charge in [0.25, 0.3) is 5.91 Å². The second-order valence-corrected chi connectivity index (χ2v) is 6.67. The summed E-state index contributed by atoms with van der Waals surface area (Å²) in [5.41, 5.74) is 2.21. The fourth-order valence-corrected chi connectivity index (χ4v) is 4.09. The highest BCUT2D eigenvalue weighted by atomic mass is 32.1. The van der Waals surface area contributed by atoms with Gasteiger partial charge in [0.05, 0.1) is 23.1 Å². The van der Waals surface area contributed by atoms with Gasteiger partial charge in [-0.25, -0.2) is 0 Å². The van der Waals surface area contributed by atoms with Gasteiger partial charge in [0, 0.05) is 44.1 Å². The minimum Gasteiger partial charge on any atom is -0.378 e. The average Bonchev–Trinajstić information content (AvgIpc) is 3.09. The summed E-state index contributed by atoms with van der Waals surface area (Å²) in [7, 11) is 0. The summed E-state index contributed by atoms with van der Waals surface area (Å²) in [6, 6.07) is 6.03. The zero-order chi connectivity index (χ0) is 16.9. The van der Waals surface area contributed by atoms with Gasteiger partial charge in [-0.15, -0.1) is 11.3 Å². The van der Waals surface area contributed by atoms with Crippen LogP contribution in [-0.2, 0) is 4.74 Å². The predicted octanol–water partition coefficient (Wildman–Crippen LogP) is 3.13. The number of rotatable bonds is 5. The number of nitrogens with zero attached hydrogens (tertiary/aromatic N) is 3. The number of ether oxygens (including phenoxy) is 1. The van der Waals surface area contributed by atoms with E-state index in [0.29, 0.717) is 0 Å². The number of amides is 1. The van der Waals surface area contributed by atoms with Crippen LogP contribution in [0.4, 0.5) is 5.00 Å². The molecule has 3 heterocycles. The topological polar surface area (TPSA) is 45.7 Å². The molecular formula is C18H23N3O2S. The SMILES string of the molecule is CCN(CC)C(=O)c1cc(-c2ccncc2)c(N2CCOCC2)s1. The molecule has 1 fully saturated rings. The number of pyridine rings is 1. The lowest BCUT2D eigenvalue weighted by Crippen LogP contribution is -2.35. The Bertz CT molecular complexity index is 677. The van der Waals surface area contributed by atoms with Crippen molar-refractivity contribution < 1.29 is 9.53 Å². The Morgan fingerprint density at radius 2 is 1.92 bits per heavy atom. The minimum atomic E-state index is 0.111. The van der Waals surface area contributed by atoms with Crippen LogP contribution in [0.1, 0.15) is 23.5 Å². The highest BCUT2D eigenvalue weighted by Crippen LogP contribution is 2.39. The van der Waals surface area contributed by atoms with Crippen molar-refractivity contribution in [2.75, 3.05) is 44.3 Å². The van der Waals surface area contributed by atoms with Crippen LogP contribution in [0, 0.1) is 0 Å². The van der Waals surface area contributed by atoms with Crippen molar-refractivity contribution in [1.29, 1.82) is 0 Å². The fraction of sp³-hybridized carbons (Fsp3) is 0.444. The lowest BCUT2D eigenvalue weighted by Gasteiger charge is -2.28. The molecule has 6 heteroatoms. The van der Waals surface area contributed by atoms with Crippen LogP contribution >= 0.6 is 11.3 Å². The van der Waals surface area contributed by atoms with Gasteiger partial charge in [0.15, 0.2) is 0 Å². The van der Waals surface area contributed by atoms with E-state index in [-0.39, 0.29) is 5.91 Å². The number of hydrogen-bond donors (Lipinski definition) is 0. The van der Waals surface area contributed by atoms with Crippen molar-refractivity contribution in [3.8, 4) is 11.1 Å². The molecular weight excluding hydrogens is 322 g/mol. The van der Waals surface area contributed by atoms with E-state index in [2.05, 4.69) is 9.88 Å². The molecule has 1 aliphatic heterocycles. The van der Waals surface area contributed by atoms with E-state index in [0.717, 1.165) is 60.4 Å². The molecule has 1 aliphatic rings. The first-order valence-electron chi connectivity index (χ1n) is 8.40. The van der Waals surface area contributed by atoms with Crippen molar-refractivity contribution in [1.82, 2.24) is 9.88 Å². The Morgan fingerprint density at radius 3 is 2.54 bits per heavy atom. The highest BCUT2D eigenvalue weighted by Gasteiger charge is 2.23. The molecule has 0 atom stereocenters. The van der Waals surface area contributed by atoms with Gasteiger partial charge in [-0.3, -0.25) is 9.78 Å². The normalized spacial score (nSPS) is 14.7. The Balaban J connectivity index is 2.00. The van der Waals surface area contributed by atoms with Crippen LogP contribution in [0.25, 0.3) is 11.1 Å². The predicted molar refractivity (Wildman–Crippen MR) is 97.8 cm³/mol. The smallest absolute Gasteiger partial charge is 0.263 e. The molecule has 2 aromatic rings. The maximum atomic E-state index is 12.8. The van der Waals surface area contributed by atoms with Crippen molar-refractivity contribution in [2.24, 2.45) is 0 Å². The Morgan fingerprint density at radius 1 is 1.25 bits per heavy atom. The van der Waals surface area contributed by atoms with E-state index in [1.807, 2.05) is 36.9 Å². The molecule has 3 rings (SSSR count). The zero-order valence-electron chi connectivity index (χ0n) is 14.2. The first-order chi connectivity index (χ1) is 11.7. The summed E-state index contributed by atoms with van der Waals surface area (Å²) >= 11 is 1.59. The van der Waals surface area contributed by atoms with Gasteiger partial charge < -0.3 is 14.5 Å². The third-order valence-electron chi connectivity index (χ3n) is 4.26. The van der Waals surface area contributed by atoms with Crippen LogP contribution in [0.2, 0.25) is 0 Å². The van der Waals surface area contributed by atoms with Gasteiger partial charge >= 0.3 is 0 Å². The summed E-state index contributed by atoms with van der Waals surface area (Å²) < 4.78 is 5.47. The van der Waals surface area contributed by atoms with Crippen LogP contribution < -0.4 is 4.90 Å². The van der Waals surface area contributed by atoms with Crippen molar-refractivity contribution in [3.05, 3.63) is 35.5 Å². The highest BCUT2D eigenvalue weighted by molar-refractivity contribution is 7.18. The van der Waals surface area contributed by atoms with E-state index in [1.165, 1.54) is 0 Å². The largest absolute Gasteiger partial charge is 0.378 e. The summed E-state index contributed by atoms with van der Waals surface area (Å²) in [4.78, 5) is 21.9. The van der Waals surface area contributed by atoms with Gasteiger partial charge in [0.2, 0.25) is 0 Å². The van der Waals surface area contributed by atoms with Crippen molar-refractivity contribution in [2.45, 2.75) is 13.8 Å². The third-order valence-corrected chi connectivity index (χ3v) is 5.45. The maximum absolute atomic E-state index is 12.8. The number of carbonyl (C=O) groups excluding carboxylic acids is 1. The first kappa shape index (κ1) is 16.9. The van der Waals surface area contributed by atoms with Crippen LogP contribution in [-0.4, -0.2) is 55.2 Å². The Kier molecular flexibility index (Phi) is 5.48. The quantitative estimate of drug-likeness (QED) is 0.835. The number of thiophene rings is 1. The number of aromatic nitrogens is 1. The van der Waals surface area contributed by atoms with Crippen LogP contribution in [0.15, 0.2) is 30.6 Å². The number of morpholine rings is 1. The van der Waals surface area contributed by atoms with E-state index in [1.54, 1.807) is 23.7 Å². The summed E-state index contributed by atoms with van der Waals surface area (Å²) in [5.74, 6) is 0.111. The number of hydrogen-bond acceptors (Lipinski definition) is 5. The lowest BCUT2D eigenvalue weighted by molar-refractivity contribution is 0.0778. The average molecular weight is 345 g/mol. The maximum Gasteiger partial charge on any atom is 0.263 e. The van der Waals surface area contributed by atoms with Gasteiger partial charge in [-0.05, 0) is 37.6 Å². The summed E-state index contributed by atoms with van der Waals surface area (Å²) in [5, 5.41) is 1.15. The Labute approximate surface area is 146 Å². The molecule has 0 aliphatic carbocycles. The number of anilines is 1. The standard InChI is InChI=1S/C18H23N3O2S/c1-3-20(4-2)17(22)16-13-15(14-5-7-19-8-6-14)18(24-16)21-9-11-23-12-10-21/h5-8,13H,3-4,9-12H2,1-2H3. The molecule has 5 nitrogen and oxygen atoms in total. The van der Waals surface area contributed by atoms with Crippen molar-refractivity contribution in [3.63, 3.8) is 0 Å². The molecule has 2 aromatic heterocycles. The van der Waals surface area contributed by atoms with Gasteiger partial charge in [-0.1, -0.05) is 0 Å². The number of carbonyl (C=O) groups is 1. The second kappa shape index (κ2) is 7.77. The fourth-order valence-electron chi connectivity index (χ4n) is 2.89. The molecule has 0 aromatic carbocycles. The van der Waals surface area contributed by atoms with E-state index < -0.39 is 0 Å². The molecule has 0 N–H and O–H groups in total. The molecule has 0 unspecified atom stereocenters. The van der Waals surface area contributed by atoms with Crippen LogP contribution in [0.3, 0.4) is 0 Å². The molecule has 0 bridgehead atoms. The van der Waals surface area contributed by atoms with E-state index in [9.17, 15) is 4.79 Å². The molecule has 24 heavy (non-hydrogen) atoms. The lowest BCUT2D eigenvalue weighted by atomic mass is 10.1. The first-order valence-corrected chi connectivity index (χ1v) is 9.22. The molecule has 0 saturated carbocycles. The summed E-state index contributed by atoms with van der Waals surface area (Å²) in [6.07, 6.45) is 3.59. The Hall–Kier alpha value is -1.92. The molecule has 0 spiro atoms. The molecule has 128 valence electrons. The zero-order valence-corrected chi connectivity index (χ0v) is 15.0. The van der Waals surface area contributed by atoms with Crippen molar-refractivity contribution >= 4 is 22.2 Å². The monoisotopic (exact) mass is 345 g/mol. The molecule has 1 amide bonds. The minimum absolute atomic E-state index is 0.111. The van der Waals surface area contributed by atoms with Crippen LogP contribution in [0.5, 0.6) is 0 Å². The van der Waals surface area contributed by atoms with E-state index in [4.69, 9.17) is 4.74 Å². The molecule has 1 saturated heterocycles. The third kappa shape index (κ3) is 3.44.